The molecule has 0 aliphatic carbocycles. The Bertz CT molecular complexity index is 727. The van der Waals surface area contributed by atoms with E-state index in [9.17, 15) is 18.4 Å². The first-order valence-electron chi connectivity index (χ1n) is 9.41. The van der Waals surface area contributed by atoms with Crippen LogP contribution in [-0.2, 0) is 9.59 Å². The summed E-state index contributed by atoms with van der Waals surface area (Å²) in [6.45, 7) is 8.56. The molecule has 0 saturated carbocycles. The standard InChI is InChI=1S/C21H28F2N2O2.2H2S/c1-13(2)9-17-12-25(19(10-14(3)4)21(27)24-17)20(26)8-6-15-5-7-16(22)11-18(15)23;;/h5-8,11,13-14,17,19H,9-10,12H2,1-4H3,(H,24,27);2*1H2/b8-6+;;/t17-,19-;;/m0../s1. The van der Waals surface area contributed by atoms with E-state index in [4.69, 9.17) is 0 Å². The average Bonchev–Trinajstić information content (AvgIpc) is 2.55. The van der Waals surface area contributed by atoms with Gasteiger partial charge in [0, 0.05) is 30.3 Å². The monoisotopic (exact) mass is 446 g/mol. The molecule has 4 nitrogen and oxygen atoms in total. The van der Waals surface area contributed by atoms with Gasteiger partial charge >= 0.3 is 0 Å². The van der Waals surface area contributed by atoms with E-state index in [-0.39, 0.29) is 56.3 Å². The Morgan fingerprint density at radius 2 is 1.79 bits per heavy atom. The molecule has 29 heavy (non-hydrogen) atoms. The molecule has 0 bridgehead atoms. The molecule has 2 rings (SSSR count). The predicted octanol–water partition coefficient (Wildman–Crippen LogP) is 3.99. The minimum absolute atomic E-state index is 0. The maximum atomic E-state index is 13.8. The van der Waals surface area contributed by atoms with E-state index in [0.717, 1.165) is 18.6 Å². The lowest BCUT2D eigenvalue weighted by molar-refractivity contribution is -0.142. The number of hydrogen-bond acceptors (Lipinski definition) is 2. The van der Waals surface area contributed by atoms with Gasteiger partial charge in [-0.1, -0.05) is 27.7 Å². The van der Waals surface area contributed by atoms with E-state index in [0.29, 0.717) is 18.9 Å². The SMILES string of the molecule is CC(C)C[C@H]1CN(C(=O)/C=C/c2ccc(F)cc2F)[C@@H](CC(C)C)C(=O)N1.S.S. The highest BCUT2D eigenvalue weighted by atomic mass is 32.1. The molecule has 0 spiro atoms. The lowest BCUT2D eigenvalue weighted by atomic mass is 9.95. The van der Waals surface area contributed by atoms with Crippen molar-refractivity contribution < 1.29 is 18.4 Å². The Morgan fingerprint density at radius 3 is 2.34 bits per heavy atom. The molecule has 1 aliphatic heterocycles. The minimum Gasteiger partial charge on any atom is -0.350 e. The van der Waals surface area contributed by atoms with E-state index in [1.807, 2.05) is 13.8 Å². The van der Waals surface area contributed by atoms with Crippen molar-refractivity contribution in [2.45, 2.75) is 52.6 Å². The van der Waals surface area contributed by atoms with Gasteiger partial charge in [0.15, 0.2) is 0 Å². The van der Waals surface area contributed by atoms with Crippen LogP contribution in [-0.4, -0.2) is 35.3 Å². The van der Waals surface area contributed by atoms with E-state index >= 15 is 0 Å². The Morgan fingerprint density at radius 1 is 1.17 bits per heavy atom. The molecule has 2 amide bonds. The number of nitrogens with one attached hydrogen (secondary N) is 1. The molecule has 1 aliphatic rings. The molecule has 0 radical (unpaired) electrons. The molecule has 8 heteroatoms. The highest BCUT2D eigenvalue weighted by molar-refractivity contribution is 7.59. The summed E-state index contributed by atoms with van der Waals surface area (Å²) in [4.78, 5) is 26.9. The van der Waals surface area contributed by atoms with Crippen molar-refractivity contribution in [1.29, 1.82) is 0 Å². The van der Waals surface area contributed by atoms with Crippen molar-refractivity contribution in [3.8, 4) is 0 Å². The molecule has 1 saturated heterocycles. The van der Waals surface area contributed by atoms with Gasteiger partial charge in [-0.05, 0) is 42.9 Å². The number of rotatable bonds is 6. The van der Waals surface area contributed by atoms with Crippen LogP contribution >= 0.6 is 27.0 Å². The highest BCUT2D eigenvalue weighted by Gasteiger charge is 2.36. The van der Waals surface area contributed by atoms with E-state index in [2.05, 4.69) is 19.2 Å². The first-order valence-corrected chi connectivity index (χ1v) is 9.41. The van der Waals surface area contributed by atoms with E-state index < -0.39 is 17.7 Å². The van der Waals surface area contributed by atoms with Gasteiger partial charge in [0.25, 0.3) is 0 Å². The summed E-state index contributed by atoms with van der Waals surface area (Å²) in [5.74, 6) is -1.25. The lowest BCUT2D eigenvalue weighted by Gasteiger charge is -2.40. The number of hydrogen-bond donors (Lipinski definition) is 1. The summed E-state index contributed by atoms with van der Waals surface area (Å²) >= 11 is 0. The van der Waals surface area contributed by atoms with Crippen molar-refractivity contribution in [3.05, 3.63) is 41.5 Å². The van der Waals surface area contributed by atoms with Crippen LogP contribution in [0.1, 0.15) is 46.1 Å². The topological polar surface area (TPSA) is 49.4 Å². The fourth-order valence-electron chi connectivity index (χ4n) is 3.37. The molecule has 1 aromatic carbocycles. The first kappa shape index (κ1) is 27.5. The largest absolute Gasteiger partial charge is 0.350 e. The number of amides is 2. The molecule has 1 fully saturated rings. The predicted molar refractivity (Wildman–Crippen MR) is 122 cm³/mol. The summed E-state index contributed by atoms with van der Waals surface area (Å²) in [5.41, 5.74) is 0.130. The number of benzene rings is 1. The van der Waals surface area contributed by atoms with Crippen molar-refractivity contribution in [2.75, 3.05) is 6.54 Å². The molecule has 164 valence electrons. The molecular formula is C21H32F2N2O2S2. The van der Waals surface area contributed by atoms with Crippen LogP contribution in [0.15, 0.2) is 24.3 Å². The Balaban J connectivity index is 0.00000392. The third-order valence-corrected chi connectivity index (χ3v) is 4.54. The zero-order chi connectivity index (χ0) is 20.1. The van der Waals surface area contributed by atoms with Gasteiger partial charge < -0.3 is 10.2 Å². The van der Waals surface area contributed by atoms with Crippen LogP contribution in [0.5, 0.6) is 0 Å². The summed E-state index contributed by atoms with van der Waals surface area (Å²) in [5, 5.41) is 3.02. The van der Waals surface area contributed by atoms with Gasteiger partial charge in [-0.15, -0.1) is 0 Å². The van der Waals surface area contributed by atoms with Crippen LogP contribution in [0.4, 0.5) is 8.78 Å². The second-order valence-corrected chi connectivity index (χ2v) is 7.97. The van der Waals surface area contributed by atoms with Gasteiger partial charge in [-0.3, -0.25) is 9.59 Å². The maximum absolute atomic E-state index is 13.8. The van der Waals surface area contributed by atoms with Gasteiger partial charge in [0.1, 0.15) is 17.7 Å². The van der Waals surface area contributed by atoms with Gasteiger partial charge in [-0.25, -0.2) is 8.78 Å². The van der Waals surface area contributed by atoms with Crippen LogP contribution in [0.2, 0.25) is 0 Å². The lowest BCUT2D eigenvalue weighted by Crippen LogP contribution is -2.61. The van der Waals surface area contributed by atoms with Crippen LogP contribution in [0.3, 0.4) is 0 Å². The zero-order valence-electron chi connectivity index (χ0n) is 17.3. The molecule has 0 aromatic heterocycles. The molecule has 1 aromatic rings. The van der Waals surface area contributed by atoms with E-state index in [1.165, 1.54) is 18.2 Å². The third-order valence-electron chi connectivity index (χ3n) is 4.54. The summed E-state index contributed by atoms with van der Waals surface area (Å²) < 4.78 is 26.8. The minimum atomic E-state index is -0.730. The second-order valence-electron chi connectivity index (χ2n) is 7.97. The fourth-order valence-corrected chi connectivity index (χ4v) is 3.37. The van der Waals surface area contributed by atoms with Crippen LogP contribution < -0.4 is 5.32 Å². The normalized spacial score (nSPS) is 19.2. The Kier molecular flexibility index (Phi) is 11.6. The van der Waals surface area contributed by atoms with Crippen LogP contribution in [0.25, 0.3) is 6.08 Å². The van der Waals surface area contributed by atoms with Crippen LogP contribution in [0, 0.1) is 23.5 Å². The van der Waals surface area contributed by atoms with Gasteiger partial charge in [-0.2, -0.15) is 27.0 Å². The molecule has 2 atom stereocenters. The van der Waals surface area contributed by atoms with Gasteiger partial charge in [0.05, 0.1) is 0 Å². The van der Waals surface area contributed by atoms with E-state index in [1.54, 1.807) is 4.90 Å². The third kappa shape index (κ3) is 8.01. The van der Waals surface area contributed by atoms with Crippen molar-refractivity contribution in [2.24, 2.45) is 11.8 Å². The molecular weight excluding hydrogens is 414 g/mol. The Hall–Kier alpha value is -1.54. The number of nitrogens with zero attached hydrogens (tertiary/aromatic N) is 1. The molecule has 0 unspecified atom stereocenters. The quantitative estimate of drug-likeness (QED) is 0.672. The number of piperazine rings is 1. The summed E-state index contributed by atoms with van der Waals surface area (Å²) in [6.07, 6.45) is 3.92. The summed E-state index contributed by atoms with van der Waals surface area (Å²) in [6, 6.07) is 2.56. The maximum Gasteiger partial charge on any atom is 0.247 e. The molecule has 1 N–H and O–H groups in total. The van der Waals surface area contributed by atoms with Gasteiger partial charge in [0.2, 0.25) is 11.8 Å². The number of carbonyl (C=O) groups is 2. The van der Waals surface area contributed by atoms with Crippen molar-refractivity contribution >= 4 is 44.9 Å². The first-order chi connectivity index (χ1) is 12.7. The highest BCUT2D eigenvalue weighted by Crippen LogP contribution is 2.20. The Labute approximate surface area is 186 Å². The zero-order valence-corrected chi connectivity index (χ0v) is 19.3. The van der Waals surface area contributed by atoms with Crippen molar-refractivity contribution in [3.63, 3.8) is 0 Å². The molecule has 1 heterocycles. The number of halogens is 2. The summed E-state index contributed by atoms with van der Waals surface area (Å²) in [7, 11) is 0. The van der Waals surface area contributed by atoms with Crippen molar-refractivity contribution in [1.82, 2.24) is 10.2 Å². The second kappa shape index (κ2) is 12.2. The smallest absolute Gasteiger partial charge is 0.247 e. The fraction of sp³-hybridized carbons (Fsp3) is 0.524. The number of carbonyl (C=O) groups excluding carboxylic acids is 2. The average molecular weight is 447 g/mol.